The summed E-state index contributed by atoms with van der Waals surface area (Å²) < 4.78 is 16.8. The zero-order valence-corrected chi connectivity index (χ0v) is 42.0. The molecule has 0 saturated carbocycles. The van der Waals surface area contributed by atoms with E-state index in [0.29, 0.717) is 19.3 Å². The van der Waals surface area contributed by atoms with Crippen LogP contribution >= 0.6 is 0 Å². The average Bonchev–Trinajstić information content (AvgIpc) is 3.23. The van der Waals surface area contributed by atoms with Crippen LogP contribution in [0.3, 0.4) is 0 Å². The number of carbonyl (C=O) groups excluding carboxylic acids is 3. The van der Waals surface area contributed by atoms with Crippen molar-refractivity contribution in [3.63, 3.8) is 0 Å². The molecule has 362 valence electrons. The number of rotatable bonds is 48. The van der Waals surface area contributed by atoms with Crippen LogP contribution in [0.15, 0.2) is 0 Å². The first-order chi connectivity index (χ1) is 29.6. The van der Waals surface area contributed by atoms with Crippen molar-refractivity contribution in [1.29, 1.82) is 0 Å². The third kappa shape index (κ3) is 47.7. The second-order valence-electron chi connectivity index (χ2n) is 20.1. The molecule has 0 saturated heterocycles. The molecule has 0 rings (SSSR count). The maximum Gasteiger partial charge on any atom is 0.306 e. The minimum absolute atomic E-state index is 0.0651. The first-order valence-electron chi connectivity index (χ1n) is 27.1. The zero-order chi connectivity index (χ0) is 44.9. The number of hydrogen-bond acceptors (Lipinski definition) is 6. The summed E-state index contributed by atoms with van der Waals surface area (Å²) in [6.45, 7) is 13.7. The van der Waals surface area contributed by atoms with Crippen molar-refractivity contribution in [2.24, 2.45) is 17.8 Å². The van der Waals surface area contributed by atoms with Crippen molar-refractivity contribution >= 4 is 17.9 Å². The van der Waals surface area contributed by atoms with Gasteiger partial charge in [0.05, 0.1) is 0 Å². The molecule has 0 aromatic carbocycles. The normalized spacial score (nSPS) is 12.6. The Labute approximate surface area is 380 Å². The lowest BCUT2D eigenvalue weighted by Crippen LogP contribution is -2.30. The van der Waals surface area contributed by atoms with Crippen molar-refractivity contribution in [3.05, 3.63) is 0 Å². The molecule has 6 heteroatoms. The molecule has 1 unspecified atom stereocenters. The monoisotopic (exact) mass is 863 g/mol. The molecule has 6 nitrogen and oxygen atoms in total. The van der Waals surface area contributed by atoms with Gasteiger partial charge in [0.25, 0.3) is 0 Å². The molecule has 61 heavy (non-hydrogen) atoms. The van der Waals surface area contributed by atoms with E-state index >= 15 is 0 Å². The minimum Gasteiger partial charge on any atom is -0.462 e. The summed E-state index contributed by atoms with van der Waals surface area (Å²) in [5.41, 5.74) is 0. The van der Waals surface area contributed by atoms with E-state index in [9.17, 15) is 14.4 Å². The van der Waals surface area contributed by atoms with Gasteiger partial charge in [0.1, 0.15) is 13.2 Å². The number of hydrogen-bond donors (Lipinski definition) is 0. The molecule has 0 fully saturated rings. The standard InChI is InChI=1S/C55H106O6/c1-7-51(6)43-37-31-27-28-33-39-45-54(57)60-48-52(61-55(58)46-40-34-26-22-18-20-24-30-36-42-50(4)5)47-59-53(56)44-38-32-25-21-17-15-13-11-9-8-10-12-14-16-19-23-29-35-41-49(2)3/h49-52H,7-48H2,1-6H3/t51?,52-/m1/s1. The lowest BCUT2D eigenvalue weighted by atomic mass is 10.00. The predicted molar refractivity (Wildman–Crippen MR) is 261 cm³/mol. The van der Waals surface area contributed by atoms with Gasteiger partial charge in [-0.1, -0.05) is 260 Å². The molecule has 0 spiro atoms. The fourth-order valence-electron chi connectivity index (χ4n) is 8.26. The molecule has 0 aliphatic carbocycles. The lowest BCUT2D eigenvalue weighted by Gasteiger charge is -2.18. The molecular formula is C55H106O6. The van der Waals surface area contributed by atoms with E-state index in [1.165, 1.54) is 180 Å². The van der Waals surface area contributed by atoms with Crippen LogP contribution < -0.4 is 0 Å². The fraction of sp³-hybridized carbons (Fsp3) is 0.945. The Morgan fingerprint density at radius 1 is 0.328 bits per heavy atom. The quantitative estimate of drug-likeness (QED) is 0.0344. The Bertz CT molecular complexity index is 947. The van der Waals surface area contributed by atoms with Crippen molar-refractivity contribution in [2.45, 2.75) is 304 Å². The van der Waals surface area contributed by atoms with Crippen LogP contribution in [0, 0.1) is 17.8 Å². The molecule has 0 aliphatic rings. The van der Waals surface area contributed by atoms with E-state index in [-0.39, 0.29) is 31.1 Å². The van der Waals surface area contributed by atoms with Gasteiger partial charge in [-0.25, -0.2) is 0 Å². The molecule has 0 bridgehead atoms. The van der Waals surface area contributed by atoms with Gasteiger partial charge in [-0.3, -0.25) is 14.4 Å². The molecule has 0 aromatic rings. The molecule has 0 heterocycles. The van der Waals surface area contributed by atoms with Gasteiger partial charge in [0.15, 0.2) is 6.10 Å². The number of carbonyl (C=O) groups is 3. The Balaban J connectivity index is 4.20. The van der Waals surface area contributed by atoms with Crippen molar-refractivity contribution < 1.29 is 28.6 Å². The Morgan fingerprint density at radius 2 is 0.574 bits per heavy atom. The van der Waals surface area contributed by atoms with Crippen LogP contribution in [0.25, 0.3) is 0 Å². The third-order valence-corrected chi connectivity index (χ3v) is 12.8. The summed E-state index contributed by atoms with van der Waals surface area (Å²) in [5, 5.41) is 0. The first kappa shape index (κ1) is 59.4. The Kier molecular flexibility index (Phi) is 45.2. The van der Waals surface area contributed by atoms with Crippen LogP contribution in [0.2, 0.25) is 0 Å². The molecule has 0 aliphatic heterocycles. The van der Waals surface area contributed by atoms with Crippen molar-refractivity contribution in [3.8, 4) is 0 Å². The second kappa shape index (κ2) is 46.4. The molecule has 0 N–H and O–H groups in total. The number of unbranched alkanes of at least 4 members (excludes halogenated alkanes) is 30. The van der Waals surface area contributed by atoms with Crippen LogP contribution in [-0.4, -0.2) is 37.2 Å². The minimum atomic E-state index is -0.763. The summed E-state index contributed by atoms with van der Waals surface area (Å²) in [5.74, 6) is 1.62. The fourth-order valence-corrected chi connectivity index (χ4v) is 8.26. The molecule has 0 amide bonds. The summed E-state index contributed by atoms with van der Waals surface area (Å²) in [7, 11) is 0. The summed E-state index contributed by atoms with van der Waals surface area (Å²) in [4.78, 5) is 37.9. The van der Waals surface area contributed by atoms with Crippen LogP contribution in [0.5, 0.6) is 0 Å². The van der Waals surface area contributed by atoms with Crippen LogP contribution in [0.4, 0.5) is 0 Å². The highest BCUT2D eigenvalue weighted by Crippen LogP contribution is 2.18. The molecular weight excluding hydrogens is 757 g/mol. The molecule has 0 radical (unpaired) electrons. The zero-order valence-electron chi connectivity index (χ0n) is 42.0. The topological polar surface area (TPSA) is 78.9 Å². The number of ether oxygens (including phenoxy) is 3. The largest absolute Gasteiger partial charge is 0.462 e. The molecule has 0 aromatic heterocycles. The van der Waals surface area contributed by atoms with Gasteiger partial charge >= 0.3 is 17.9 Å². The highest BCUT2D eigenvalue weighted by molar-refractivity contribution is 5.71. The van der Waals surface area contributed by atoms with Gasteiger partial charge < -0.3 is 14.2 Å². The van der Waals surface area contributed by atoms with Crippen molar-refractivity contribution in [2.75, 3.05) is 13.2 Å². The summed E-state index contributed by atoms with van der Waals surface area (Å²) in [6, 6.07) is 0. The molecule has 2 atom stereocenters. The van der Waals surface area contributed by atoms with Crippen LogP contribution in [-0.2, 0) is 28.6 Å². The van der Waals surface area contributed by atoms with Crippen molar-refractivity contribution in [1.82, 2.24) is 0 Å². The van der Waals surface area contributed by atoms with Crippen LogP contribution in [0.1, 0.15) is 298 Å². The van der Waals surface area contributed by atoms with E-state index in [0.717, 1.165) is 75.5 Å². The summed E-state index contributed by atoms with van der Waals surface area (Å²) in [6.07, 6.45) is 46.8. The SMILES string of the molecule is CCC(C)CCCCCCCCC(=O)OC[C@@H](COC(=O)CCCCCCCCCCCCCCCCCCCCC(C)C)OC(=O)CCCCCCCCCCCC(C)C. The number of esters is 3. The Hall–Kier alpha value is -1.59. The summed E-state index contributed by atoms with van der Waals surface area (Å²) >= 11 is 0. The van der Waals surface area contributed by atoms with Gasteiger partial charge in [-0.15, -0.1) is 0 Å². The van der Waals surface area contributed by atoms with Gasteiger partial charge in [0, 0.05) is 19.3 Å². The maximum atomic E-state index is 12.8. The van der Waals surface area contributed by atoms with E-state index in [1.807, 2.05) is 0 Å². The lowest BCUT2D eigenvalue weighted by molar-refractivity contribution is -0.167. The Morgan fingerprint density at radius 3 is 0.852 bits per heavy atom. The predicted octanol–water partition coefficient (Wildman–Crippen LogP) is 17.6. The van der Waals surface area contributed by atoms with Gasteiger partial charge in [0.2, 0.25) is 0 Å². The smallest absolute Gasteiger partial charge is 0.306 e. The van der Waals surface area contributed by atoms with E-state index < -0.39 is 6.10 Å². The average molecular weight is 863 g/mol. The van der Waals surface area contributed by atoms with E-state index in [1.54, 1.807) is 0 Å². The maximum absolute atomic E-state index is 12.8. The highest BCUT2D eigenvalue weighted by atomic mass is 16.6. The van der Waals surface area contributed by atoms with E-state index in [2.05, 4.69) is 41.5 Å². The van der Waals surface area contributed by atoms with Gasteiger partial charge in [-0.05, 0) is 37.0 Å². The first-order valence-corrected chi connectivity index (χ1v) is 27.1. The highest BCUT2D eigenvalue weighted by Gasteiger charge is 2.19. The third-order valence-electron chi connectivity index (χ3n) is 12.8. The van der Waals surface area contributed by atoms with Gasteiger partial charge in [-0.2, -0.15) is 0 Å². The van der Waals surface area contributed by atoms with E-state index in [4.69, 9.17) is 14.2 Å². The second-order valence-corrected chi connectivity index (χ2v) is 20.1.